The van der Waals surface area contributed by atoms with Crippen LogP contribution in [-0.4, -0.2) is 27.9 Å². The highest BCUT2D eigenvalue weighted by atomic mass is 32.1. The lowest BCUT2D eigenvalue weighted by molar-refractivity contribution is -0.132. The van der Waals surface area contributed by atoms with E-state index in [2.05, 4.69) is 13.8 Å². The standard InChI is InChI=1S/C31H28N2O4S/c1-16(2)19-6-8-20(9-7-19)27-26(28(34)21-10-12-24-22(15-21)14-18(4)37-24)29(35)30(36)33(27)31-32-23-11-5-17(3)13-25(23)38-31/h5-13,15-16,18,27,34H,14H2,1-4H3. The van der Waals surface area contributed by atoms with Crippen molar-refractivity contribution in [1.29, 1.82) is 0 Å². The Labute approximate surface area is 225 Å². The molecule has 1 saturated heterocycles. The Hall–Kier alpha value is -3.97. The number of rotatable bonds is 4. The van der Waals surface area contributed by atoms with Crippen LogP contribution in [0.25, 0.3) is 16.0 Å². The summed E-state index contributed by atoms with van der Waals surface area (Å²) in [5, 5.41) is 12.0. The molecular formula is C31H28N2O4S. The minimum absolute atomic E-state index is 0.0510. The first-order valence-electron chi connectivity index (χ1n) is 12.8. The summed E-state index contributed by atoms with van der Waals surface area (Å²) in [5.74, 6) is -0.499. The minimum atomic E-state index is -0.804. The number of aliphatic hydroxyl groups is 1. The van der Waals surface area contributed by atoms with Crippen molar-refractivity contribution < 1.29 is 19.4 Å². The molecule has 2 atom stereocenters. The monoisotopic (exact) mass is 524 g/mol. The van der Waals surface area contributed by atoms with Crippen LogP contribution < -0.4 is 9.64 Å². The molecular weight excluding hydrogens is 496 g/mol. The zero-order valence-electron chi connectivity index (χ0n) is 21.7. The molecule has 1 amide bonds. The molecule has 1 N–H and O–H groups in total. The molecule has 3 aromatic carbocycles. The summed E-state index contributed by atoms with van der Waals surface area (Å²) >= 11 is 1.37. The van der Waals surface area contributed by atoms with Crippen LogP contribution in [0.2, 0.25) is 0 Å². The summed E-state index contributed by atoms with van der Waals surface area (Å²) in [6.45, 7) is 8.22. The number of aryl methyl sites for hydroxylation is 1. The SMILES string of the molecule is Cc1ccc2nc(N3C(=O)C(=O)C(=C(O)c4ccc5c(c4)CC(C)O5)C3c3ccc(C(C)C)cc3)sc2c1. The molecule has 3 heterocycles. The maximum Gasteiger partial charge on any atom is 0.301 e. The maximum atomic E-state index is 13.6. The van der Waals surface area contributed by atoms with Crippen LogP contribution in [0.4, 0.5) is 5.13 Å². The van der Waals surface area contributed by atoms with Gasteiger partial charge in [0.15, 0.2) is 5.13 Å². The number of anilines is 1. The molecule has 0 saturated carbocycles. The summed E-state index contributed by atoms with van der Waals surface area (Å²) in [5.41, 5.74) is 5.26. The predicted molar refractivity (Wildman–Crippen MR) is 150 cm³/mol. The lowest BCUT2D eigenvalue weighted by Crippen LogP contribution is -2.29. The van der Waals surface area contributed by atoms with E-state index in [9.17, 15) is 14.7 Å². The van der Waals surface area contributed by atoms with E-state index in [4.69, 9.17) is 9.72 Å². The summed E-state index contributed by atoms with van der Waals surface area (Å²) < 4.78 is 6.74. The van der Waals surface area contributed by atoms with Crippen molar-refractivity contribution in [2.75, 3.05) is 4.90 Å². The number of ether oxygens (including phenoxy) is 1. The summed E-state index contributed by atoms with van der Waals surface area (Å²) in [6.07, 6.45) is 0.769. The number of benzene rings is 3. The molecule has 4 aromatic rings. The fourth-order valence-electron chi connectivity index (χ4n) is 5.26. The molecule has 6 nitrogen and oxygen atoms in total. The van der Waals surface area contributed by atoms with E-state index in [-0.39, 0.29) is 17.4 Å². The highest BCUT2D eigenvalue weighted by Crippen LogP contribution is 2.45. The van der Waals surface area contributed by atoms with Crippen LogP contribution in [0.3, 0.4) is 0 Å². The van der Waals surface area contributed by atoms with E-state index in [0.717, 1.165) is 44.6 Å². The Balaban J connectivity index is 1.53. The Bertz CT molecular complexity index is 1630. The van der Waals surface area contributed by atoms with Gasteiger partial charge >= 0.3 is 5.91 Å². The number of hydrogen-bond donors (Lipinski definition) is 1. The Morgan fingerprint density at radius 1 is 1.08 bits per heavy atom. The number of Topliss-reactive ketones (excluding diaryl/α,β-unsaturated/α-hetero) is 1. The van der Waals surface area contributed by atoms with Crippen molar-refractivity contribution in [1.82, 2.24) is 4.98 Å². The number of fused-ring (bicyclic) bond motifs is 2. The van der Waals surface area contributed by atoms with Gasteiger partial charge in [0.1, 0.15) is 17.6 Å². The third-order valence-corrected chi connectivity index (χ3v) is 8.29. The van der Waals surface area contributed by atoms with Crippen LogP contribution >= 0.6 is 11.3 Å². The second-order valence-electron chi connectivity index (χ2n) is 10.4. The van der Waals surface area contributed by atoms with Crippen molar-refractivity contribution in [2.24, 2.45) is 0 Å². The molecule has 0 bridgehead atoms. The van der Waals surface area contributed by atoms with E-state index in [1.54, 1.807) is 6.07 Å². The lowest BCUT2D eigenvalue weighted by atomic mass is 9.93. The van der Waals surface area contributed by atoms with Gasteiger partial charge in [0.05, 0.1) is 21.8 Å². The lowest BCUT2D eigenvalue weighted by Gasteiger charge is -2.23. The molecule has 0 radical (unpaired) electrons. The number of thiazole rings is 1. The Morgan fingerprint density at radius 3 is 2.58 bits per heavy atom. The van der Waals surface area contributed by atoms with Gasteiger partial charge in [0.2, 0.25) is 0 Å². The third-order valence-electron chi connectivity index (χ3n) is 7.27. The number of amides is 1. The summed E-state index contributed by atoms with van der Waals surface area (Å²) in [7, 11) is 0. The van der Waals surface area contributed by atoms with Crippen LogP contribution in [-0.2, 0) is 16.0 Å². The van der Waals surface area contributed by atoms with Gasteiger partial charge in [-0.15, -0.1) is 0 Å². The predicted octanol–water partition coefficient (Wildman–Crippen LogP) is 6.68. The Morgan fingerprint density at radius 2 is 1.84 bits per heavy atom. The number of hydrogen-bond acceptors (Lipinski definition) is 6. The molecule has 2 unspecified atom stereocenters. The second kappa shape index (κ2) is 9.10. The highest BCUT2D eigenvalue weighted by Gasteiger charge is 2.48. The van der Waals surface area contributed by atoms with Gasteiger partial charge in [-0.1, -0.05) is 55.5 Å². The minimum Gasteiger partial charge on any atom is -0.507 e. The van der Waals surface area contributed by atoms with E-state index < -0.39 is 17.7 Å². The average molecular weight is 525 g/mol. The van der Waals surface area contributed by atoms with E-state index >= 15 is 0 Å². The molecule has 1 fully saturated rings. The molecule has 192 valence electrons. The molecule has 0 aliphatic carbocycles. The molecule has 1 aromatic heterocycles. The molecule has 38 heavy (non-hydrogen) atoms. The number of nitrogens with zero attached hydrogens (tertiary/aromatic N) is 2. The van der Waals surface area contributed by atoms with Gasteiger partial charge in [0.25, 0.3) is 5.78 Å². The van der Waals surface area contributed by atoms with Gasteiger partial charge < -0.3 is 9.84 Å². The Kier molecular flexibility index (Phi) is 5.83. The molecule has 6 rings (SSSR count). The number of carbonyl (C=O) groups excluding carboxylic acids is 2. The van der Waals surface area contributed by atoms with E-state index in [1.807, 2.05) is 68.4 Å². The van der Waals surface area contributed by atoms with Crippen molar-refractivity contribution in [2.45, 2.75) is 52.2 Å². The smallest absolute Gasteiger partial charge is 0.301 e. The third kappa shape index (κ3) is 3.98. The maximum absolute atomic E-state index is 13.6. The first-order valence-corrected chi connectivity index (χ1v) is 13.6. The van der Waals surface area contributed by atoms with Crippen molar-refractivity contribution >= 4 is 44.1 Å². The van der Waals surface area contributed by atoms with Crippen molar-refractivity contribution in [3.8, 4) is 5.75 Å². The first-order chi connectivity index (χ1) is 18.2. The topological polar surface area (TPSA) is 79.7 Å². The van der Waals surface area contributed by atoms with Crippen molar-refractivity contribution in [3.63, 3.8) is 0 Å². The zero-order valence-corrected chi connectivity index (χ0v) is 22.5. The largest absolute Gasteiger partial charge is 0.507 e. The highest BCUT2D eigenvalue weighted by molar-refractivity contribution is 7.22. The zero-order chi connectivity index (χ0) is 26.7. The summed E-state index contributed by atoms with van der Waals surface area (Å²) in [6, 6.07) is 18.4. The molecule has 2 aliphatic rings. The fourth-order valence-corrected chi connectivity index (χ4v) is 6.35. The van der Waals surface area contributed by atoms with Crippen LogP contribution in [0.15, 0.2) is 66.2 Å². The van der Waals surface area contributed by atoms with Crippen LogP contribution in [0, 0.1) is 6.92 Å². The fraction of sp³-hybridized carbons (Fsp3) is 0.258. The quantitative estimate of drug-likeness (QED) is 0.183. The molecule has 7 heteroatoms. The van der Waals surface area contributed by atoms with Gasteiger partial charge in [-0.05, 0) is 72.4 Å². The number of ketones is 1. The average Bonchev–Trinajstić information content (AvgIpc) is 3.55. The molecule has 0 spiro atoms. The van der Waals surface area contributed by atoms with Crippen molar-refractivity contribution in [3.05, 3.63) is 94.1 Å². The second-order valence-corrected chi connectivity index (χ2v) is 11.4. The number of aromatic nitrogens is 1. The van der Waals surface area contributed by atoms with Gasteiger partial charge in [-0.3, -0.25) is 14.5 Å². The van der Waals surface area contributed by atoms with Gasteiger partial charge in [-0.25, -0.2) is 4.98 Å². The van der Waals surface area contributed by atoms with Crippen LogP contribution in [0.5, 0.6) is 5.75 Å². The molecule has 2 aliphatic heterocycles. The van der Waals surface area contributed by atoms with Crippen LogP contribution in [0.1, 0.15) is 60.5 Å². The van der Waals surface area contributed by atoms with Gasteiger partial charge in [-0.2, -0.15) is 0 Å². The van der Waals surface area contributed by atoms with E-state index in [0.29, 0.717) is 16.6 Å². The normalized spacial score (nSPS) is 20.4. The number of aliphatic hydroxyl groups excluding tert-OH is 1. The first kappa shape index (κ1) is 24.4. The summed E-state index contributed by atoms with van der Waals surface area (Å²) in [4.78, 5) is 33.3. The van der Waals surface area contributed by atoms with Gasteiger partial charge in [0, 0.05) is 12.0 Å². The van der Waals surface area contributed by atoms with E-state index in [1.165, 1.54) is 16.2 Å². The number of carbonyl (C=O) groups is 2.